The van der Waals surface area contributed by atoms with E-state index in [1.54, 1.807) is 12.4 Å². The molecule has 0 radical (unpaired) electrons. The maximum Gasteiger partial charge on any atom is 0.216 e. The van der Waals surface area contributed by atoms with Gasteiger partial charge in [-0.3, -0.25) is 4.98 Å². The van der Waals surface area contributed by atoms with E-state index in [-0.39, 0.29) is 0 Å². The quantitative estimate of drug-likeness (QED) is 0.871. The topological polar surface area (TPSA) is 61.0 Å². The fourth-order valence-electron chi connectivity index (χ4n) is 1.53. The van der Waals surface area contributed by atoms with Crippen LogP contribution < -0.4 is 10.5 Å². The van der Waals surface area contributed by atoms with Crippen molar-refractivity contribution in [3.8, 4) is 5.88 Å². The van der Waals surface area contributed by atoms with Crippen molar-refractivity contribution >= 4 is 5.69 Å². The van der Waals surface area contributed by atoms with E-state index in [0.29, 0.717) is 18.2 Å². The Kier molecular flexibility index (Phi) is 3.55. The summed E-state index contributed by atoms with van der Waals surface area (Å²) in [4.78, 5) is 8.37. The van der Waals surface area contributed by atoms with Crippen molar-refractivity contribution in [3.63, 3.8) is 0 Å². The summed E-state index contributed by atoms with van der Waals surface area (Å²) in [6.45, 7) is 2.49. The van der Waals surface area contributed by atoms with Crippen molar-refractivity contribution in [1.29, 1.82) is 0 Å². The third-order valence-corrected chi connectivity index (χ3v) is 2.37. The van der Waals surface area contributed by atoms with E-state index in [0.717, 1.165) is 17.7 Å². The summed E-state index contributed by atoms with van der Waals surface area (Å²) < 4.78 is 5.59. The van der Waals surface area contributed by atoms with Gasteiger partial charge in [-0.15, -0.1) is 0 Å². The Labute approximate surface area is 100 Å². The van der Waals surface area contributed by atoms with E-state index < -0.39 is 0 Å². The van der Waals surface area contributed by atoms with Crippen LogP contribution in [0.1, 0.15) is 11.3 Å². The van der Waals surface area contributed by atoms with Gasteiger partial charge in [0.25, 0.3) is 0 Å². The number of hydrogen-bond acceptors (Lipinski definition) is 4. The van der Waals surface area contributed by atoms with E-state index in [4.69, 9.17) is 10.5 Å². The van der Waals surface area contributed by atoms with Crippen LogP contribution in [0.5, 0.6) is 5.88 Å². The Morgan fingerprint density at radius 3 is 2.88 bits per heavy atom. The molecule has 4 nitrogen and oxygen atoms in total. The van der Waals surface area contributed by atoms with Gasteiger partial charge in [-0.2, -0.15) is 0 Å². The second-order valence-electron chi connectivity index (χ2n) is 3.81. The van der Waals surface area contributed by atoms with Gasteiger partial charge in [0.1, 0.15) is 0 Å². The first-order chi connectivity index (χ1) is 8.25. The molecule has 0 fully saturated rings. The van der Waals surface area contributed by atoms with Crippen LogP contribution in [0, 0.1) is 6.92 Å². The van der Waals surface area contributed by atoms with Crippen LogP contribution in [-0.2, 0) is 6.42 Å². The highest BCUT2D eigenvalue weighted by molar-refractivity contribution is 5.41. The lowest BCUT2D eigenvalue weighted by atomic mass is 10.3. The Morgan fingerprint density at radius 1 is 1.29 bits per heavy atom. The molecule has 88 valence electrons. The van der Waals surface area contributed by atoms with Gasteiger partial charge < -0.3 is 10.5 Å². The molecule has 0 unspecified atom stereocenters. The van der Waals surface area contributed by atoms with Crippen LogP contribution >= 0.6 is 0 Å². The highest BCUT2D eigenvalue weighted by Crippen LogP contribution is 2.16. The summed E-state index contributed by atoms with van der Waals surface area (Å²) in [6, 6.07) is 7.70. The first-order valence-electron chi connectivity index (χ1n) is 5.50. The van der Waals surface area contributed by atoms with E-state index >= 15 is 0 Å². The molecule has 0 aliphatic rings. The van der Waals surface area contributed by atoms with Crippen molar-refractivity contribution in [1.82, 2.24) is 9.97 Å². The molecular formula is C13H15N3O. The zero-order chi connectivity index (χ0) is 12.1. The van der Waals surface area contributed by atoms with Crippen molar-refractivity contribution in [3.05, 3.63) is 47.9 Å². The van der Waals surface area contributed by atoms with E-state index in [2.05, 4.69) is 9.97 Å². The fraction of sp³-hybridized carbons (Fsp3) is 0.231. The minimum atomic E-state index is 0.564. The fourth-order valence-corrected chi connectivity index (χ4v) is 1.53. The lowest BCUT2D eigenvalue weighted by molar-refractivity contribution is 0.306. The molecule has 0 spiro atoms. The first-order valence-corrected chi connectivity index (χ1v) is 5.50. The average molecular weight is 229 g/mol. The molecule has 17 heavy (non-hydrogen) atoms. The molecule has 0 bridgehead atoms. The molecule has 0 aliphatic heterocycles. The van der Waals surface area contributed by atoms with Crippen LogP contribution in [-0.4, -0.2) is 16.6 Å². The highest BCUT2D eigenvalue weighted by Gasteiger charge is 2.01. The maximum absolute atomic E-state index is 5.62. The van der Waals surface area contributed by atoms with Gasteiger partial charge in [-0.25, -0.2) is 4.98 Å². The smallest absolute Gasteiger partial charge is 0.216 e. The molecule has 0 saturated carbocycles. The molecule has 0 atom stereocenters. The van der Waals surface area contributed by atoms with Crippen molar-refractivity contribution in [2.24, 2.45) is 0 Å². The number of ether oxygens (including phenoxy) is 1. The Balaban J connectivity index is 1.90. The zero-order valence-corrected chi connectivity index (χ0v) is 9.76. The lowest BCUT2D eigenvalue weighted by Crippen LogP contribution is -2.05. The predicted molar refractivity (Wildman–Crippen MR) is 66.8 cm³/mol. The van der Waals surface area contributed by atoms with Gasteiger partial charge in [-0.05, 0) is 25.1 Å². The summed E-state index contributed by atoms with van der Waals surface area (Å²) in [5.41, 5.74) is 8.24. The number of aryl methyl sites for hydroxylation is 1. The van der Waals surface area contributed by atoms with E-state index in [1.807, 2.05) is 31.2 Å². The molecular weight excluding hydrogens is 214 g/mol. The normalized spacial score (nSPS) is 10.2. The number of anilines is 1. The van der Waals surface area contributed by atoms with Crippen molar-refractivity contribution < 1.29 is 4.74 Å². The van der Waals surface area contributed by atoms with Gasteiger partial charge in [0.2, 0.25) is 5.88 Å². The molecule has 2 heterocycles. The molecule has 0 amide bonds. The maximum atomic E-state index is 5.62. The molecule has 4 heteroatoms. The van der Waals surface area contributed by atoms with Crippen LogP contribution in [0.2, 0.25) is 0 Å². The number of pyridine rings is 2. The molecule has 2 rings (SSSR count). The number of hydrogen-bond donors (Lipinski definition) is 1. The number of nitrogens with two attached hydrogens (primary N) is 1. The van der Waals surface area contributed by atoms with E-state index in [1.165, 1.54) is 0 Å². The first kappa shape index (κ1) is 11.4. The monoisotopic (exact) mass is 229 g/mol. The molecule has 2 aromatic heterocycles. The largest absolute Gasteiger partial charge is 0.477 e. The lowest BCUT2D eigenvalue weighted by Gasteiger charge is -2.07. The number of rotatable bonds is 4. The summed E-state index contributed by atoms with van der Waals surface area (Å²) in [5.74, 6) is 0.634. The SMILES string of the molecule is Cc1cc(N)cnc1OCCc1ccccn1. The molecule has 0 aliphatic carbocycles. The minimum Gasteiger partial charge on any atom is -0.477 e. The predicted octanol–water partition coefficient (Wildman–Crippen LogP) is 1.99. The van der Waals surface area contributed by atoms with Crippen LogP contribution in [0.25, 0.3) is 0 Å². The second-order valence-corrected chi connectivity index (χ2v) is 3.81. The standard InChI is InChI=1S/C13H15N3O/c1-10-8-11(14)9-16-13(10)17-7-5-12-4-2-3-6-15-12/h2-4,6,8-9H,5,7,14H2,1H3. The van der Waals surface area contributed by atoms with Gasteiger partial charge in [0.15, 0.2) is 0 Å². The van der Waals surface area contributed by atoms with Crippen molar-refractivity contribution in [2.45, 2.75) is 13.3 Å². The average Bonchev–Trinajstić information content (AvgIpc) is 2.33. The van der Waals surface area contributed by atoms with Crippen LogP contribution in [0.3, 0.4) is 0 Å². The van der Waals surface area contributed by atoms with Crippen LogP contribution in [0.4, 0.5) is 5.69 Å². The third kappa shape index (κ3) is 3.17. The van der Waals surface area contributed by atoms with Gasteiger partial charge in [0, 0.05) is 23.9 Å². The number of aromatic nitrogens is 2. The van der Waals surface area contributed by atoms with Gasteiger partial charge in [0.05, 0.1) is 18.5 Å². The zero-order valence-electron chi connectivity index (χ0n) is 9.76. The summed E-state index contributed by atoms with van der Waals surface area (Å²) in [5, 5.41) is 0. The number of nitrogens with zero attached hydrogens (tertiary/aromatic N) is 2. The summed E-state index contributed by atoms with van der Waals surface area (Å²) in [7, 11) is 0. The molecule has 2 aromatic rings. The third-order valence-electron chi connectivity index (χ3n) is 2.37. The summed E-state index contributed by atoms with van der Waals surface area (Å²) in [6.07, 6.45) is 4.15. The molecule has 0 aromatic carbocycles. The summed E-state index contributed by atoms with van der Waals surface area (Å²) >= 11 is 0. The van der Waals surface area contributed by atoms with Gasteiger partial charge in [-0.1, -0.05) is 6.07 Å². The highest BCUT2D eigenvalue weighted by atomic mass is 16.5. The van der Waals surface area contributed by atoms with Crippen LogP contribution in [0.15, 0.2) is 36.7 Å². The Hall–Kier alpha value is -2.10. The van der Waals surface area contributed by atoms with Gasteiger partial charge >= 0.3 is 0 Å². The minimum absolute atomic E-state index is 0.564. The number of nitrogen functional groups attached to an aromatic ring is 1. The Morgan fingerprint density at radius 2 is 2.18 bits per heavy atom. The van der Waals surface area contributed by atoms with E-state index in [9.17, 15) is 0 Å². The molecule has 2 N–H and O–H groups in total. The van der Waals surface area contributed by atoms with Crippen molar-refractivity contribution in [2.75, 3.05) is 12.3 Å². The second kappa shape index (κ2) is 5.30. The Bertz CT molecular complexity index is 485. The molecule has 0 saturated heterocycles.